The van der Waals surface area contributed by atoms with Gasteiger partial charge in [-0.25, -0.2) is 4.79 Å². The average molecular weight is 342 g/mol. The molecule has 136 valence electrons. The highest BCUT2D eigenvalue weighted by Crippen LogP contribution is 2.16. The molecular formula is C21H30N2O2. The van der Waals surface area contributed by atoms with E-state index in [0.29, 0.717) is 11.4 Å². The molecule has 2 atom stereocenters. The van der Waals surface area contributed by atoms with Crippen LogP contribution in [0.3, 0.4) is 0 Å². The topological polar surface area (TPSA) is 61.4 Å². The zero-order valence-corrected chi connectivity index (χ0v) is 15.8. The van der Waals surface area contributed by atoms with Crippen molar-refractivity contribution in [1.82, 2.24) is 10.6 Å². The zero-order valence-electron chi connectivity index (χ0n) is 15.8. The molecule has 1 aliphatic rings. The van der Waals surface area contributed by atoms with Gasteiger partial charge in [-0.05, 0) is 57.4 Å². The SMILES string of the molecule is C\C=C/C=C(\C=C(/C)CC)NC(=O)NC1=CC(C)(O)/C=C\C(C)C=C1. The fraction of sp³-hybridized carbons (Fsp3) is 0.381. The Balaban J connectivity index is 2.92. The molecule has 4 nitrogen and oxygen atoms in total. The van der Waals surface area contributed by atoms with Gasteiger partial charge in [0.15, 0.2) is 0 Å². The molecule has 0 saturated heterocycles. The van der Waals surface area contributed by atoms with Gasteiger partial charge in [0.25, 0.3) is 0 Å². The molecule has 0 bridgehead atoms. The fourth-order valence-electron chi connectivity index (χ4n) is 2.14. The number of carbonyl (C=O) groups is 1. The fourth-order valence-corrected chi connectivity index (χ4v) is 2.14. The second-order valence-corrected chi connectivity index (χ2v) is 6.47. The van der Waals surface area contributed by atoms with Crippen LogP contribution < -0.4 is 10.6 Å². The predicted octanol–water partition coefficient (Wildman–Crippen LogP) is 4.50. The molecule has 2 unspecified atom stereocenters. The number of urea groups is 1. The second kappa shape index (κ2) is 9.84. The van der Waals surface area contributed by atoms with Crippen LogP contribution in [0.25, 0.3) is 0 Å². The molecule has 0 heterocycles. The number of nitrogens with one attached hydrogen (secondary N) is 2. The Hall–Kier alpha value is -2.33. The Kier molecular flexibility index (Phi) is 8.16. The molecule has 0 aliphatic heterocycles. The van der Waals surface area contributed by atoms with E-state index in [2.05, 4.69) is 17.6 Å². The molecule has 0 aromatic heterocycles. The Morgan fingerprint density at radius 1 is 1.40 bits per heavy atom. The number of carbonyl (C=O) groups excluding carboxylic acids is 1. The summed E-state index contributed by atoms with van der Waals surface area (Å²) in [6.45, 7) is 9.71. The monoisotopic (exact) mass is 342 g/mol. The van der Waals surface area contributed by atoms with Crippen LogP contribution in [0, 0.1) is 5.92 Å². The third-order valence-corrected chi connectivity index (χ3v) is 3.71. The lowest BCUT2D eigenvalue weighted by Crippen LogP contribution is -2.35. The minimum Gasteiger partial charge on any atom is -0.382 e. The van der Waals surface area contributed by atoms with Gasteiger partial charge in [-0.2, -0.15) is 0 Å². The smallest absolute Gasteiger partial charge is 0.323 e. The van der Waals surface area contributed by atoms with E-state index in [1.165, 1.54) is 5.57 Å². The molecule has 4 heteroatoms. The Labute approximate surface area is 151 Å². The van der Waals surface area contributed by atoms with Gasteiger partial charge >= 0.3 is 6.03 Å². The average Bonchev–Trinajstić information content (AvgIpc) is 2.54. The van der Waals surface area contributed by atoms with Crippen LogP contribution in [0.4, 0.5) is 4.79 Å². The summed E-state index contributed by atoms with van der Waals surface area (Å²) in [6.07, 6.45) is 17.5. The van der Waals surface area contributed by atoms with E-state index >= 15 is 0 Å². The van der Waals surface area contributed by atoms with Crippen LogP contribution in [-0.2, 0) is 0 Å². The third kappa shape index (κ3) is 8.36. The van der Waals surface area contributed by atoms with Gasteiger partial charge in [-0.3, -0.25) is 0 Å². The van der Waals surface area contributed by atoms with Crippen LogP contribution in [0.15, 0.2) is 71.7 Å². The van der Waals surface area contributed by atoms with Crippen molar-refractivity contribution >= 4 is 6.03 Å². The molecule has 0 radical (unpaired) electrons. The van der Waals surface area contributed by atoms with Crippen LogP contribution in [-0.4, -0.2) is 16.7 Å². The highest BCUT2D eigenvalue weighted by atomic mass is 16.3. The van der Waals surface area contributed by atoms with Crippen molar-refractivity contribution in [3.8, 4) is 0 Å². The van der Waals surface area contributed by atoms with Crippen molar-refractivity contribution in [2.24, 2.45) is 5.92 Å². The van der Waals surface area contributed by atoms with Crippen LogP contribution in [0.2, 0.25) is 0 Å². The van der Waals surface area contributed by atoms with Crippen molar-refractivity contribution in [2.45, 2.75) is 46.6 Å². The normalized spacial score (nSPS) is 26.0. The molecule has 1 aliphatic carbocycles. The Bertz CT molecular complexity index is 647. The van der Waals surface area contributed by atoms with Crippen LogP contribution in [0.5, 0.6) is 0 Å². The van der Waals surface area contributed by atoms with E-state index in [0.717, 1.165) is 6.42 Å². The summed E-state index contributed by atoms with van der Waals surface area (Å²) in [5.41, 5.74) is 1.33. The Morgan fingerprint density at radius 3 is 2.76 bits per heavy atom. The van der Waals surface area contributed by atoms with Crippen LogP contribution in [0.1, 0.15) is 41.0 Å². The number of aliphatic hydroxyl groups is 1. The summed E-state index contributed by atoms with van der Waals surface area (Å²) in [6, 6.07) is -0.347. The highest BCUT2D eigenvalue weighted by molar-refractivity contribution is 5.79. The molecule has 3 N–H and O–H groups in total. The summed E-state index contributed by atoms with van der Waals surface area (Å²) < 4.78 is 0. The predicted molar refractivity (Wildman–Crippen MR) is 105 cm³/mol. The first-order valence-corrected chi connectivity index (χ1v) is 8.66. The lowest BCUT2D eigenvalue weighted by atomic mass is 9.98. The van der Waals surface area contributed by atoms with Gasteiger partial charge in [0.05, 0.1) is 0 Å². The summed E-state index contributed by atoms with van der Waals surface area (Å²) in [5.74, 6) is 0.181. The maximum absolute atomic E-state index is 12.4. The minimum absolute atomic E-state index is 0.181. The molecule has 2 amide bonds. The number of hydrogen-bond acceptors (Lipinski definition) is 2. The van der Waals surface area contributed by atoms with Crippen molar-refractivity contribution < 1.29 is 9.90 Å². The largest absolute Gasteiger partial charge is 0.382 e. The van der Waals surface area contributed by atoms with Gasteiger partial charge < -0.3 is 15.7 Å². The van der Waals surface area contributed by atoms with Crippen molar-refractivity contribution in [1.29, 1.82) is 0 Å². The van der Waals surface area contributed by atoms with Gasteiger partial charge in [0.2, 0.25) is 0 Å². The maximum atomic E-state index is 12.4. The molecule has 0 aromatic rings. The number of allylic oxidation sites excluding steroid dienone is 8. The number of rotatable bonds is 5. The summed E-state index contributed by atoms with van der Waals surface area (Å²) in [7, 11) is 0. The molecule has 1 rings (SSSR count). The molecule has 0 aromatic carbocycles. The summed E-state index contributed by atoms with van der Waals surface area (Å²) in [4.78, 5) is 12.4. The number of hydrogen-bond donors (Lipinski definition) is 3. The first-order valence-electron chi connectivity index (χ1n) is 8.66. The van der Waals surface area contributed by atoms with Gasteiger partial charge in [-0.15, -0.1) is 0 Å². The summed E-state index contributed by atoms with van der Waals surface area (Å²) in [5, 5.41) is 16.0. The molecular weight excluding hydrogens is 312 g/mol. The standard InChI is InChI=1S/C21H30N2O2/c1-6-8-9-18(14-16(3)7-2)22-20(24)23-19-11-10-17(4)12-13-21(5,25)15-19/h6,8-15,17,25H,7H2,1-5H3,(H2,22,23,24)/b8-6-,11-10?,13-12-,16-14+,18-9+,19-15?. The maximum Gasteiger partial charge on any atom is 0.323 e. The first kappa shape index (κ1) is 20.7. The van der Waals surface area contributed by atoms with Gasteiger partial charge in [-0.1, -0.05) is 49.8 Å². The van der Waals surface area contributed by atoms with Crippen molar-refractivity contribution in [3.63, 3.8) is 0 Å². The van der Waals surface area contributed by atoms with Gasteiger partial charge in [0, 0.05) is 11.4 Å². The summed E-state index contributed by atoms with van der Waals surface area (Å²) >= 11 is 0. The molecule has 0 fully saturated rings. The van der Waals surface area contributed by atoms with E-state index in [-0.39, 0.29) is 11.9 Å². The zero-order chi connectivity index (χ0) is 18.9. The quantitative estimate of drug-likeness (QED) is 0.509. The number of amides is 2. The lowest BCUT2D eigenvalue weighted by molar-refractivity contribution is 0.162. The minimum atomic E-state index is -1.11. The van der Waals surface area contributed by atoms with Crippen molar-refractivity contribution in [3.05, 3.63) is 71.7 Å². The van der Waals surface area contributed by atoms with Gasteiger partial charge in [0.1, 0.15) is 5.60 Å². The highest BCUT2D eigenvalue weighted by Gasteiger charge is 2.16. The lowest BCUT2D eigenvalue weighted by Gasteiger charge is -2.19. The van der Waals surface area contributed by atoms with Crippen LogP contribution >= 0.6 is 0 Å². The van der Waals surface area contributed by atoms with E-state index in [4.69, 9.17) is 0 Å². The van der Waals surface area contributed by atoms with E-state index in [9.17, 15) is 9.90 Å². The molecule has 25 heavy (non-hydrogen) atoms. The van der Waals surface area contributed by atoms with E-state index in [1.807, 2.05) is 63.3 Å². The first-order chi connectivity index (χ1) is 11.8. The Morgan fingerprint density at radius 2 is 2.12 bits per heavy atom. The van der Waals surface area contributed by atoms with E-state index in [1.54, 1.807) is 19.1 Å². The third-order valence-electron chi connectivity index (χ3n) is 3.71. The van der Waals surface area contributed by atoms with E-state index < -0.39 is 5.60 Å². The van der Waals surface area contributed by atoms with Crippen molar-refractivity contribution in [2.75, 3.05) is 0 Å². The molecule has 0 spiro atoms. The second-order valence-electron chi connectivity index (χ2n) is 6.47. The molecule has 0 saturated carbocycles.